The molecular weight excluding hydrogens is 404 g/mol. The third-order valence-corrected chi connectivity index (χ3v) is 5.68. The fourth-order valence-corrected chi connectivity index (χ4v) is 4.09. The lowest BCUT2D eigenvalue weighted by Crippen LogP contribution is -2.30. The zero-order valence-electron chi connectivity index (χ0n) is 17.1. The summed E-state index contributed by atoms with van der Waals surface area (Å²) >= 11 is 0. The number of nitrogens with two attached hydrogens (primary N) is 2. The zero-order valence-corrected chi connectivity index (χ0v) is 17.1. The Hall–Kier alpha value is -4.46. The summed E-state index contributed by atoms with van der Waals surface area (Å²) in [6, 6.07) is 13.3. The molecule has 2 aromatic carbocycles. The van der Waals surface area contributed by atoms with Crippen LogP contribution in [0.5, 0.6) is 0 Å². The number of anilines is 1. The number of fused-ring (bicyclic) bond motifs is 2. The lowest BCUT2D eigenvalue weighted by atomic mass is 9.94. The number of benzene rings is 2. The third kappa shape index (κ3) is 3.18. The smallest absolute Gasteiger partial charge is 0.254 e. The number of nitrogens with one attached hydrogen (secondary N) is 1. The van der Waals surface area contributed by atoms with Gasteiger partial charge in [-0.3, -0.25) is 19.7 Å². The van der Waals surface area contributed by atoms with Gasteiger partial charge in [0.15, 0.2) is 0 Å². The number of nitrogen functional groups attached to an aromatic ring is 1. The quantitative estimate of drug-likeness (QED) is 0.335. The fourth-order valence-electron chi connectivity index (χ4n) is 4.09. The monoisotopic (exact) mass is 424 g/mol. The average Bonchev–Trinajstić information content (AvgIpc) is 3.35. The minimum atomic E-state index is -0.623. The molecule has 8 heteroatoms. The molecule has 158 valence electrons. The van der Waals surface area contributed by atoms with Crippen LogP contribution in [0.25, 0.3) is 33.3 Å². The summed E-state index contributed by atoms with van der Waals surface area (Å²) < 4.78 is 0. The van der Waals surface area contributed by atoms with Crippen molar-refractivity contribution in [1.29, 1.82) is 0 Å². The number of nitrogens with zero attached hydrogens (tertiary/aromatic N) is 3. The maximum Gasteiger partial charge on any atom is 0.254 e. The molecule has 0 spiro atoms. The number of primary amides is 1. The van der Waals surface area contributed by atoms with Crippen LogP contribution in [0.1, 0.15) is 15.9 Å². The van der Waals surface area contributed by atoms with Gasteiger partial charge in [-0.25, -0.2) is 0 Å². The number of aromatic amines is 1. The Kier molecular flexibility index (Phi) is 4.48. The summed E-state index contributed by atoms with van der Waals surface area (Å²) in [6.45, 7) is 4.09. The van der Waals surface area contributed by atoms with Gasteiger partial charge in [-0.1, -0.05) is 12.6 Å². The van der Waals surface area contributed by atoms with Crippen molar-refractivity contribution in [2.24, 2.45) is 5.73 Å². The van der Waals surface area contributed by atoms with Crippen LogP contribution in [0.3, 0.4) is 0 Å². The predicted molar refractivity (Wildman–Crippen MR) is 122 cm³/mol. The van der Waals surface area contributed by atoms with Crippen molar-refractivity contribution in [3.63, 3.8) is 0 Å². The van der Waals surface area contributed by atoms with E-state index in [4.69, 9.17) is 11.5 Å². The first-order valence-corrected chi connectivity index (χ1v) is 10.0. The second-order valence-electron chi connectivity index (χ2n) is 7.80. The van der Waals surface area contributed by atoms with Crippen molar-refractivity contribution in [3.8, 4) is 22.4 Å². The SMILES string of the molecule is C=C(CN1Cc2c(cc(N)cc2-c2ccc3[nH]nc(-c4cccnc4)c3c2)C1=O)C(N)=O. The number of carbonyl (C=O) groups excluding carboxylic acids is 2. The molecule has 0 radical (unpaired) electrons. The van der Waals surface area contributed by atoms with E-state index in [0.717, 1.165) is 38.9 Å². The van der Waals surface area contributed by atoms with Crippen molar-refractivity contribution < 1.29 is 9.59 Å². The number of pyridine rings is 1. The van der Waals surface area contributed by atoms with Crippen molar-refractivity contribution in [1.82, 2.24) is 20.1 Å². The van der Waals surface area contributed by atoms with Gasteiger partial charge < -0.3 is 16.4 Å². The van der Waals surface area contributed by atoms with E-state index in [1.165, 1.54) is 0 Å². The first-order valence-electron chi connectivity index (χ1n) is 10.0. The zero-order chi connectivity index (χ0) is 22.4. The maximum absolute atomic E-state index is 13.0. The molecule has 0 saturated carbocycles. The Balaban J connectivity index is 1.60. The predicted octanol–water partition coefficient (Wildman–Crippen LogP) is 2.87. The molecule has 32 heavy (non-hydrogen) atoms. The van der Waals surface area contributed by atoms with E-state index in [9.17, 15) is 9.59 Å². The number of hydrogen-bond donors (Lipinski definition) is 3. The molecular formula is C24H20N6O2. The van der Waals surface area contributed by atoms with E-state index in [1.807, 2.05) is 36.4 Å². The molecule has 2 aromatic heterocycles. The molecule has 5 N–H and O–H groups in total. The Labute approximate surface area is 183 Å². The molecule has 1 aliphatic heterocycles. The fraction of sp³-hybridized carbons (Fsp3) is 0.0833. The topological polar surface area (TPSA) is 131 Å². The van der Waals surface area contributed by atoms with E-state index < -0.39 is 5.91 Å². The van der Waals surface area contributed by atoms with E-state index in [1.54, 1.807) is 23.4 Å². The van der Waals surface area contributed by atoms with Crippen LogP contribution >= 0.6 is 0 Å². The number of hydrogen-bond acceptors (Lipinski definition) is 5. The molecule has 1 aliphatic rings. The van der Waals surface area contributed by atoms with Gasteiger partial charge in [0.2, 0.25) is 5.91 Å². The minimum absolute atomic E-state index is 0.0775. The summed E-state index contributed by atoms with van der Waals surface area (Å²) in [5, 5.41) is 8.45. The van der Waals surface area contributed by atoms with Gasteiger partial charge in [-0.15, -0.1) is 0 Å². The second-order valence-corrected chi connectivity index (χ2v) is 7.80. The van der Waals surface area contributed by atoms with Gasteiger partial charge >= 0.3 is 0 Å². The summed E-state index contributed by atoms with van der Waals surface area (Å²) in [5.74, 6) is -0.821. The molecule has 8 nitrogen and oxygen atoms in total. The summed E-state index contributed by atoms with van der Waals surface area (Å²) in [5.41, 5.74) is 17.9. The second kappa shape index (κ2) is 7.35. The van der Waals surface area contributed by atoms with Crippen molar-refractivity contribution >= 4 is 28.4 Å². The molecule has 3 heterocycles. The van der Waals surface area contributed by atoms with Crippen LogP contribution in [-0.2, 0) is 11.3 Å². The van der Waals surface area contributed by atoms with Crippen molar-refractivity contribution in [2.45, 2.75) is 6.54 Å². The molecule has 5 rings (SSSR count). The maximum atomic E-state index is 13.0. The Morgan fingerprint density at radius 2 is 1.97 bits per heavy atom. The van der Waals surface area contributed by atoms with Crippen LogP contribution in [-0.4, -0.2) is 38.4 Å². The van der Waals surface area contributed by atoms with Gasteiger partial charge in [0.25, 0.3) is 5.91 Å². The van der Waals surface area contributed by atoms with Gasteiger partial charge in [0.1, 0.15) is 5.69 Å². The van der Waals surface area contributed by atoms with Crippen LogP contribution < -0.4 is 11.5 Å². The molecule has 0 atom stereocenters. The molecule has 0 aliphatic carbocycles. The first-order chi connectivity index (χ1) is 15.4. The Bertz CT molecular complexity index is 1410. The largest absolute Gasteiger partial charge is 0.399 e. The summed E-state index contributed by atoms with van der Waals surface area (Å²) in [6.07, 6.45) is 3.48. The highest BCUT2D eigenvalue weighted by Gasteiger charge is 2.31. The van der Waals surface area contributed by atoms with Gasteiger partial charge in [-0.2, -0.15) is 5.10 Å². The molecule has 4 aromatic rings. The van der Waals surface area contributed by atoms with Crippen LogP contribution in [0.2, 0.25) is 0 Å². The van der Waals surface area contributed by atoms with Gasteiger partial charge in [-0.05, 0) is 53.1 Å². The molecule has 2 amide bonds. The number of carbonyl (C=O) groups is 2. The van der Waals surface area contributed by atoms with E-state index in [0.29, 0.717) is 17.8 Å². The van der Waals surface area contributed by atoms with Gasteiger partial charge in [0, 0.05) is 46.7 Å². The highest BCUT2D eigenvalue weighted by atomic mass is 16.2. The lowest BCUT2D eigenvalue weighted by Gasteiger charge is -2.15. The van der Waals surface area contributed by atoms with Crippen LogP contribution in [0, 0.1) is 0 Å². The van der Waals surface area contributed by atoms with E-state index in [2.05, 4.69) is 21.8 Å². The van der Waals surface area contributed by atoms with Crippen molar-refractivity contribution in [3.05, 3.63) is 78.1 Å². The minimum Gasteiger partial charge on any atom is -0.399 e. The van der Waals surface area contributed by atoms with E-state index in [-0.39, 0.29) is 18.0 Å². The number of amides is 2. The standard InChI is InChI=1S/C24H20N6O2/c1-13(23(26)31)11-30-12-20-17(8-16(25)9-18(20)24(30)32)14-4-5-21-19(7-14)22(29-28-21)15-3-2-6-27-10-15/h2-10H,1,11-12,25H2,(H2,26,31)(H,28,29). The van der Waals surface area contributed by atoms with Gasteiger partial charge in [0.05, 0.1) is 12.1 Å². The third-order valence-electron chi connectivity index (χ3n) is 5.68. The highest BCUT2D eigenvalue weighted by Crippen LogP contribution is 2.37. The Morgan fingerprint density at radius 3 is 2.72 bits per heavy atom. The number of aromatic nitrogens is 3. The molecule has 0 saturated heterocycles. The molecule has 0 fully saturated rings. The highest BCUT2D eigenvalue weighted by molar-refractivity contribution is 6.03. The number of H-pyrrole nitrogens is 1. The first kappa shape index (κ1) is 19.5. The van der Waals surface area contributed by atoms with Crippen molar-refractivity contribution in [2.75, 3.05) is 12.3 Å². The average molecular weight is 424 g/mol. The van der Waals surface area contributed by atoms with Crippen LogP contribution in [0.15, 0.2) is 67.0 Å². The Morgan fingerprint density at radius 1 is 1.16 bits per heavy atom. The molecule has 0 bridgehead atoms. The summed E-state index contributed by atoms with van der Waals surface area (Å²) in [7, 11) is 0. The normalized spacial score (nSPS) is 12.9. The summed E-state index contributed by atoms with van der Waals surface area (Å²) in [4.78, 5) is 30.1. The molecule has 0 unspecified atom stereocenters. The lowest BCUT2D eigenvalue weighted by molar-refractivity contribution is -0.114. The number of rotatable bonds is 5. The van der Waals surface area contributed by atoms with Crippen LogP contribution in [0.4, 0.5) is 5.69 Å². The van der Waals surface area contributed by atoms with E-state index >= 15 is 0 Å².